The highest BCUT2D eigenvalue weighted by Gasteiger charge is 2.42. The van der Waals surface area contributed by atoms with Crippen molar-refractivity contribution in [1.82, 2.24) is 5.32 Å². The SMILES string of the molecule is O=C(N[C@H](c1ccc(Cl)cc1)P(=O)(Oc1ccccc1)Oc1ccccc1)OCc1ccccc1. The van der Waals surface area contributed by atoms with E-state index in [2.05, 4.69) is 5.32 Å². The van der Waals surface area contributed by atoms with Crippen molar-refractivity contribution >= 4 is 25.3 Å². The fourth-order valence-electron chi connectivity index (χ4n) is 3.25. The van der Waals surface area contributed by atoms with Crippen molar-refractivity contribution in [3.8, 4) is 11.5 Å². The summed E-state index contributed by atoms with van der Waals surface area (Å²) in [5.41, 5.74) is 1.29. The first kappa shape index (κ1) is 24.4. The second-order valence-corrected chi connectivity index (χ2v) is 9.91. The normalized spacial score (nSPS) is 11.8. The standard InChI is InChI=1S/C27H23ClNO5P/c28-23-18-16-22(17-19-23)26(29-27(30)32-20-21-10-4-1-5-11-21)35(31,33-24-12-6-2-7-13-24)34-25-14-8-3-9-15-25/h1-19,26H,20H2,(H,29,30)/t26-/m0/s1. The number of hydrogen-bond donors (Lipinski definition) is 1. The van der Waals surface area contributed by atoms with E-state index in [0.717, 1.165) is 5.56 Å². The quantitative estimate of drug-likeness (QED) is 0.236. The number of nitrogens with one attached hydrogen (secondary N) is 1. The van der Waals surface area contributed by atoms with Gasteiger partial charge in [0.15, 0.2) is 5.78 Å². The van der Waals surface area contributed by atoms with E-state index in [1.807, 2.05) is 42.5 Å². The molecule has 0 bridgehead atoms. The van der Waals surface area contributed by atoms with Gasteiger partial charge in [0.2, 0.25) is 0 Å². The lowest BCUT2D eigenvalue weighted by molar-refractivity contribution is 0.137. The Bertz CT molecular complexity index is 1230. The molecule has 0 radical (unpaired) electrons. The van der Waals surface area contributed by atoms with Crippen molar-refractivity contribution in [2.24, 2.45) is 0 Å². The molecule has 0 heterocycles. The van der Waals surface area contributed by atoms with E-state index in [1.54, 1.807) is 72.8 Å². The molecule has 4 rings (SSSR count). The maximum Gasteiger partial charge on any atom is 0.457 e. The van der Waals surface area contributed by atoms with Gasteiger partial charge >= 0.3 is 13.7 Å². The molecule has 4 aromatic rings. The summed E-state index contributed by atoms with van der Waals surface area (Å²) in [5, 5.41) is 3.17. The van der Waals surface area contributed by atoms with Gasteiger partial charge in [0.1, 0.15) is 18.1 Å². The summed E-state index contributed by atoms with van der Waals surface area (Å²) in [6.07, 6.45) is -0.776. The van der Waals surface area contributed by atoms with E-state index >= 15 is 0 Å². The van der Waals surface area contributed by atoms with Crippen LogP contribution in [0.1, 0.15) is 16.9 Å². The minimum absolute atomic E-state index is 0.0450. The van der Waals surface area contributed by atoms with Crippen molar-refractivity contribution in [3.63, 3.8) is 0 Å². The third-order valence-electron chi connectivity index (χ3n) is 4.92. The molecule has 8 heteroatoms. The molecule has 6 nitrogen and oxygen atoms in total. The molecule has 0 aliphatic heterocycles. The minimum Gasteiger partial charge on any atom is -0.445 e. The summed E-state index contributed by atoms with van der Waals surface area (Å²) >= 11 is 6.07. The van der Waals surface area contributed by atoms with Crippen molar-refractivity contribution in [1.29, 1.82) is 0 Å². The molecule has 0 aromatic heterocycles. The van der Waals surface area contributed by atoms with Crippen LogP contribution in [0.25, 0.3) is 0 Å². The van der Waals surface area contributed by atoms with Crippen LogP contribution in [-0.2, 0) is 15.9 Å². The second-order valence-electron chi connectivity index (χ2n) is 7.51. The predicted octanol–water partition coefficient (Wildman–Crippen LogP) is 7.62. The number of carbonyl (C=O) groups is 1. The van der Waals surface area contributed by atoms with Gasteiger partial charge in [-0.15, -0.1) is 0 Å². The van der Waals surface area contributed by atoms with Crippen LogP contribution in [0.15, 0.2) is 115 Å². The van der Waals surface area contributed by atoms with Crippen molar-refractivity contribution < 1.29 is 23.1 Å². The Kier molecular flexibility index (Phi) is 8.09. The number of amides is 1. The lowest BCUT2D eigenvalue weighted by Crippen LogP contribution is -2.31. The average molecular weight is 508 g/mol. The first-order valence-corrected chi connectivity index (χ1v) is 12.8. The zero-order valence-corrected chi connectivity index (χ0v) is 20.3. The molecular weight excluding hydrogens is 485 g/mol. The van der Waals surface area contributed by atoms with E-state index in [-0.39, 0.29) is 6.61 Å². The maximum atomic E-state index is 14.4. The maximum absolute atomic E-state index is 14.4. The van der Waals surface area contributed by atoms with Crippen LogP contribution < -0.4 is 14.4 Å². The Labute approximate surface area is 209 Å². The number of para-hydroxylation sites is 2. The first-order chi connectivity index (χ1) is 17.0. The number of halogens is 1. The molecule has 0 saturated carbocycles. The minimum atomic E-state index is -4.11. The monoisotopic (exact) mass is 507 g/mol. The summed E-state index contributed by atoms with van der Waals surface area (Å²) in [4.78, 5) is 12.8. The Morgan fingerprint density at radius 2 is 1.23 bits per heavy atom. The Morgan fingerprint density at radius 1 is 0.743 bits per heavy atom. The van der Waals surface area contributed by atoms with Crippen LogP contribution in [-0.4, -0.2) is 6.09 Å². The van der Waals surface area contributed by atoms with Crippen molar-refractivity contribution in [2.45, 2.75) is 12.4 Å². The van der Waals surface area contributed by atoms with Gasteiger partial charge in [-0.3, -0.25) is 0 Å². The number of benzene rings is 4. The number of ether oxygens (including phenoxy) is 1. The lowest BCUT2D eigenvalue weighted by atomic mass is 10.2. The van der Waals surface area contributed by atoms with Gasteiger partial charge in [0.25, 0.3) is 0 Å². The molecular formula is C27H23ClNO5P. The molecule has 178 valence electrons. The summed E-state index contributed by atoms with van der Waals surface area (Å²) < 4.78 is 31.7. The second kappa shape index (κ2) is 11.6. The van der Waals surface area contributed by atoms with Crippen LogP contribution in [0.5, 0.6) is 11.5 Å². The number of hydrogen-bond acceptors (Lipinski definition) is 5. The van der Waals surface area contributed by atoms with Crippen molar-refractivity contribution in [2.75, 3.05) is 0 Å². The van der Waals surface area contributed by atoms with E-state index in [9.17, 15) is 9.36 Å². The van der Waals surface area contributed by atoms with Crippen LogP contribution in [0.2, 0.25) is 5.02 Å². The summed E-state index contributed by atoms with van der Waals surface area (Å²) in [5.74, 6) is -0.543. The van der Waals surface area contributed by atoms with Gasteiger partial charge in [0, 0.05) is 5.02 Å². The van der Waals surface area contributed by atoms with Gasteiger partial charge in [-0.25, -0.2) is 9.36 Å². The Morgan fingerprint density at radius 3 is 1.74 bits per heavy atom. The molecule has 4 aromatic carbocycles. The van der Waals surface area contributed by atoms with Gasteiger partial charge in [-0.2, -0.15) is 0 Å². The summed E-state index contributed by atoms with van der Waals surface area (Å²) in [6.45, 7) is 0.0450. The summed E-state index contributed by atoms with van der Waals surface area (Å²) in [6, 6.07) is 33.1. The Hall–Kier alpha value is -3.73. The third kappa shape index (κ3) is 6.89. The predicted molar refractivity (Wildman–Crippen MR) is 136 cm³/mol. The van der Waals surface area contributed by atoms with Gasteiger partial charge in [0.05, 0.1) is 0 Å². The number of rotatable bonds is 9. The third-order valence-corrected chi connectivity index (χ3v) is 7.16. The van der Waals surface area contributed by atoms with Crippen LogP contribution in [0.4, 0.5) is 4.79 Å². The molecule has 0 spiro atoms. The van der Waals surface area contributed by atoms with Crippen LogP contribution in [0, 0.1) is 0 Å². The zero-order valence-electron chi connectivity index (χ0n) is 18.6. The molecule has 0 saturated heterocycles. The van der Waals surface area contributed by atoms with Crippen molar-refractivity contribution in [3.05, 3.63) is 131 Å². The molecule has 0 aliphatic carbocycles. The molecule has 0 fully saturated rings. The highest BCUT2D eigenvalue weighted by atomic mass is 35.5. The topological polar surface area (TPSA) is 73.9 Å². The molecule has 1 amide bonds. The van der Waals surface area contributed by atoms with Crippen LogP contribution in [0.3, 0.4) is 0 Å². The molecule has 1 N–H and O–H groups in total. The first-order valence-electron chi connectivity index (χ1n) is 10.8. The number of alkyl carbamates (subject to hydrolysis) is 1. The Balaban J connectivity index is 1.66. The van der Waals surface area contributed by atoms with Gasteiger partial charge < -0.3 is 19.1 Å². The zero-order chi connectivity index (χ0) is 24.5. The van der Waals surface area contributed by atoms with Gasteiger partial charge in [-0.1, -0.05) is 90.5 Å². The van der Waals surface area contributed by atoms with E-state index in [4.69, 9.17) is 25.4 Å². The highest BCUT2D eigenvalue weighted by molar-refractivity contribution is 7.55. The number of carbonyl (C=O) groups excluding carboxylic acids is 1. The molecule has 1 atom stereocenters. The molecule has 0 aliphatic rings. The van der Waals surface area contributed by atoms with Gasteiger partial charge in [-0.05, 0) is 47.5 Å². The van der Waals surface area contributed by atoms with E-state index in [0.29, 0.717) is 22.1 Å². The smallest absolute Gasteiger partial charge is 0.445 e. The fraction of sp³-hybridized carbons (Fsp3) is 0.0741. The summed E-state index contributed by atoms with van der Waals surface area (Å²) in [7, 11) is -4.11. The molecule has 0 unspecified atom stereocenters. The van der Waals surface area contributed by atoms with Crippen LogP contribution >= 0.6 is 19.2 Å². The highest BCUT2D eigenvalue weighted by Crippen LogP contribution is 2.59. The largest absolute Gasteiger partial charge is 0.457 e. The van der Waals surface area contributed by atoms with E-state index in [1.165, 1.54) is 0 Å². The lowest BCUT2D eigenvalue weighted by Gasteiger charge is -2.28. The fourth-order valence-corrected chi connectivity index (χ4v) is 5.25. The van der Waals surface area contributed by atoms with E-state index < -0.39 is 19.5 Å². The average Bonchev–Trinajstić information content (AvgIpc) is 2.88. The molecule has 35 heavy (non-hydrogen) atoms.